The van der Waals surface area contributed by atoms with E-state index in [0.29, 0.717) is 0 Å². The van der Waals surface area contributed by atoms with E-state index in [1.807, 2.05) is 30.3 Å². The predicted octanol–water partition coefficient (Wildman–Crippen LogP) is 4.28. The molecule has 0 unspecified atom stereocenters. The van der Waals surface area contributed by atoms with Gasteiger partial charge in [0.15, 0.2) is 0 Å². The Bertz CT molecular complexity index is 787. The van der Waals surface area contributed by atoms with Crippen LogP contribution in [-0.2, 0) is 13.1 Å². The average Bonchev–Trinajstić information content (AvgIpc) is 2.61. The molecule has 4 rings (SSSR count). The summed E-state index contributed by atoms with van der Waals surface area (Å²) in [6.07, 6.45) is -0.472. The molecule has 0 spiro atoms. The van der Waals surface area contributed by atoms with E-state index in [4.69, 9.17) is 0 Å². The molecule has 3 aromatic rings. The Morgan fingerprint density at radius 2 is 1.43 bits per heavy atom. The Morgan fingerprint density at radius 3 is 2.04 bits per heavy atom. The summed E-state index contributed by atoms with van der Waals surface area (Å²) in [6, 6.07) is 23.1. The highest BCUT2D eigenvalue weighted by Crippen LogP contribution is 2.33. The van der Waals surface area contributed by atoms with Gasteiger partial charge in [0.05, 0.1) is 6.10 Å². The molecule has 0 saturated carbocycles. The first-order chi connectivity index (χ1) is 11.2. The van der Waals surface area contributed by atoms with Crippen LogP contribution in [0.2, 0.25) is 0 Å². The van der Waals surface area contributed by atoms with E-state index in [-0.39, 0.29) is 6.04 Å². The second kappa shape index (κ2) is 5.80. The lowest BCUT2D eigenvalue weighted by Crippen LogP contribution is -2.38. The number of rotatable bonds is 3. The summed E-state index contributed by atoms with van der Waals surface area (Å²) in [6.45, 7) is 3.89. The number of nitrogens with zero attached hydrogens (tertiary/aromatic N) is 1. The zero-order chi connectivity index (χ0) is 15.8. The average molecular weight is 303 g/mol. The summed E-state index contributed by atoms with van der Waals surface area (Å²) in [7, 11) is 0. The van der Waals surface area contributed by atoms with Gasteiger partial charge < -0.3 is 5.11 Å². The first kappa shape index (κ1) is 14.4. The first-order valence-electron chi connectivity index (χ1n) is 8.20. The third kappa shape index (κ3) is 2.54. The van der Waals surface area contributed by atoms with Crippen molar-refractivity contribution in [3.63, 3.8) is 0 Å². The molecule has 0 fully saturated rings. The minimum Gasteiger partial charge on any atom is -0.387 e. The van der Waals surface area contributed by atoms with Crippen molar-refractivity contribution in [1.29, 1.82) is 0 Å². The van der Waals surface area contributed by atoms with Crippen molar-refractivity contribution >= 4 is 10.8 Å². The van der Waals surface area contributed by atoms with E-state index in [2.05, 4.69) is 48.2 Å². The van der Waals surface area contributed by atoms with Crippen molar-refractivity contribution in [3.05, 3.63) is 83.4 Å². The van der Waals surface area contributed by atoms with Gasteiger partial charge in [0.25, 0.3) is 0 Å². The van der Waals surface area contributed by atoms with Crippen LogP contribution >= 0.6 is 0 Å². The van der Waals surface area contributed by atoms with Crippen molar-refractivity contribution in [1.82, 2.24) is 4.90 Å². The summed E-state index contributed by atoms with van der Waals surface area (Å²) in [5.41, 5.74) is 3.70. The molecule has 0 saturated heterocycles. The summed E-state index contributed by atoms with van der Waals surface area (Å²) >= 11 is 0. The van der Waals surface area contributed by atoms with E-state index in [1.54, 1.807) is 0 Å². The molecular formula is C21H21NO. The Balaban J connectivity index is 1.65. The zero-order valence-corrected chi connectivity index (χ0v) is 13.3. The van der Waals surface area contributed by atoms with Gasteiger partial charge in [-0.15, -0.1) is 0 Å². The van der Waals surface area contributed by atoms with Gasteiger partial charge in [-0.25, -0.2) is 0 Å². The molecule has 3 aromatic carbocycles. The van der Waals surface area contributed by atoms with Gasteiger partial charge in [0, 0.05) is 19.1 Å². The molecule has 2 heteroatoms. The first-order valence-corrected chi connectivity index (χ1v) is 8.20. The number of hydrogen-bond donors (Lipinski definition) is 1. The predicted molar refractivity (Wildman–Crippen MR) is 94.1 cm³/mol. The van der Waals surface area contributed by atoms with Gasteiger partial charge in [-0.05, 0) is 34.4 Å². The van der Waals surface area contributed by atoms with Gasteiger partial charge >= 0.3 is 0 Å². The van der Waals surface area contributed by atoms with E-state index >= 15 is 0 Å². The molecule has 23 heavy (non-hydrogen) atoms. The largest absolute Gasteiger partial charge is 0.387 e. The zero-order valence-electron chi connectivity index (χ0n) is 13.3. The van der Waals surface area contributed by atoms with Crippen LogP contribution in [0.5, 0.6) is 0 Å². The van der Waals surface area contributed by atoms with Crippen molar-refractivity contribution < 1.29 is 5.11 Å². The van der Waals surface area contributed by atoms with Crippen molar-refractivity contribution in [2.24, 2.45) is 0 Å². The summed E-state index contributed by atoms with van der Waals surface area (Å²) in [5.74, 6) is 0. The number of benzene rings is 3. The van der Waals surface area contributed by atoms with Gasteiger partial charge in [0.1, 0.15) is 0 Å². The van der Waals surface area contributed by atoms with E-state index < -0.39 is 6.10 Å². The molecule has 0 bridgehead atoms. The molecule has 2 atom stereocenters. The van der Waals surface area contributed by atoms with Crippen molar-refractivity contribution in [3.8, 4) is 0 Å². The molecule has 1 aliphatic heterocycles. The lowest BCUT2D eigenvalue weighted by atomic mass is 9.93. The highest BCUT2D eigenvalue weighted by molar-refractivity contribution is 5.89. The Morgan fingerprint density at radius 1 is 0.826 bits per heavy atom. The van der Waals surface area contributed by atoms with Crippen LogP contribution in [0.3, 0.4) is 0 Å². The third-order valence-electron chi connectivity index (χ3n) is 5.00. The fourth-order valence-corrected chi connectivity index (χ4v) is 3.68. The highest BCUT2D eigenvalue weighted by atomic mass is 16.3. The van der Waals surface area contributed by atoms with Gasteiger partial charge in [-0.1, -0.05) is 66.7 Å². The quantitative estimate of drug-likeness (QED) is 0.781. The maximum Gasteiger partial charge on any atom is 0.0942 e. The minimum atomic E-state index is -0.472. The van der Waals surface area contributed by atoms with Crippen LogP contribution in [0.4, 0.5) is 0 Å². The van der Waals surface area contributed by atoms with Crippen molar-refractivity contribution in [2.45, 2.75) is 32.2 Å². The standard InChI is InChI=1S/C21H21NO/c1-15(21(23)17-7-3-2-4-8-17)22-13-18-11-5-9-16-10-6-12-19(14-22)20(16)18/h2-12,15,21,23H,13-14H2,1H3/t15-,21-/m0/s1. The van der Waals surface area contributed by atoms with Crippen LogP contribution < -0.4 is 0 Å². The molecule has 0 radical (unpaired) electrons. The SMILES string of the molecule is C[C@@H]([C@H](O)c1ccccc1)N1Cc2cccc3cccc(c23)C1. The van der Waals surface area contributed by atoms with Crippen LogP contribution in [-0.4, -0.2) is 16.0 Å². The summed E-state index contributed by atoms with van der Waals surface area (Å²) in [5, 5.41) is 13.5. The lowest BCUT2D eigenvalue weighted by Gasteiger charge is -2.36. The number of hydrogen-bond acceptors (Lipinski definition) is 2. The summed E-state index contributed by atoms with van der Waals surface area (Å²) < 4.78 is 0. The Labute approximate surface area is 137 Å². The molecule has 1 heterocycles. The maximum atomic E-state index is 10.7. The summed E-state index contributed by atoms with van der Waals surface area (Å²) in [4.78, 5) is 2.37. The van der Waals surface area contributed by atoms with E-state index in [9.17, 15) is 5.11 Å². The monoisotopic (exact) mass is 303 g/mol. The fraction of sp³-hybridized carbons (Fsp3) is 0.238. The van der Waals surface area contributed by atoms with Gasteiger partial charge in [0.2, 0.25) is 0 Å². The lowest BCUT2D eigenvalue weighted by molar-refractivity contribution is 0.0472. The Kier molecular flexibility index (Phi) is 3.64. The molecular weight excluding hydrogens is 282 g/mol. The molecule has 0 aliphatic carbocycles. The highest BCUT2D eigenvalue weighted by Gasteiger charge is 2.27. The van der Waals surface area contributed by atoms with Crippen LogP contribution in [0.1, 0.15) is 29.7 Å². The molecule has 116 valence electrons. The van der Waals surface area contributed by atoms with E-state index in [0.717, 1.165) is 18.7 Å². The molecule has 2 nitrogen and oxygen atoms in total. The Hall–Kier alpha value is -2.16. The normalized spacial score (nSPS) is 17.1. The van der Waals surface area contributed by atoms with Gasteiger partial charge in [-0.3, -0.25) is 4.90 Å². The smallest absolute Gasteiger partial charge is 0.0942 e. The van der Waals surface area contributed by atoms with Crippen LogP contribution in [0.15, 0.2) is 66.7 Å². The fourth-order valence-electron chi connectivity index (χ4n) is 3.68. The van der Waals surface area contributed by atoms with Crippen LogP contribution in [0, 0.1) is 0 Å². The topological polar surface area (TPSA) is 23.5 Å². The third-order valence-corrected chi connectivity index (χ3v) is 5.00. The molecule has 1 aliphatic rings. The maximum absolute atomic E-state index is 10.7. The number of aliphatic hydroxyl groups excluding tert-OH is 1. The molecule has 0 aromatic heterocycles. The van der Waals surface area contributed by atoms with Crippen LogP contribution in [0.25, 0.3) is 10.8 Å². The second-order valence-corrected chi connectivity index (χ2v) is 6.43. The second-order valence-electron chi connectivity index (χ2n) is 6.43. The molecule has 0 amide bonds. The van der Waals surface area contributed by atoms with Crippen molar-refractivity contribution in [2.75, 3.05) is 0 Å². The van der Waals surface area contributed by atoms with E-state index in [1.165, 1.54) is 21.9 Å². The number of aliphatic hydroxyl groups is 1. The molecule has 1 N–H and O–H groups in total. The van der Waals surface area contributed by atoms with Gasteiger partial charge in [-0.2, -0.15) is 0 Å². The minimum absolute atomic E-state index is 0.0704.